The molecule has 0 bridgehead atoms. The van der Waals surface area contributed by atoms with Crippen molar-refractivity contribution in [3.63, 3.8) is 0 Å². The van der Waals surface area contributed by atoms with E-state index in [-0.39, 0.29) is 12.7 Å². The third-order valence-electron chi connectivity index (χ3n) is 1.98. The summed E-state index contributed by atoms with van der Waals surface area (Å²) >= 11 is 0. The molecular weight excluding hydrogens is 250 g/mol. The standard InChI is InChI=1S/C13H17NO5/c1-9(2)19-13(16)8-18-12(15)7-17-11-6-4-3-5-10(11)14/h3-6,9H,7-8,14H2,1-2H3. The van der Waals surface area contributed by atoms with E-state index in [0.717, 1.165) is 0 Å². The van der Waals surface area contributed by atoms with Gasteiger partial charge in [0.1, 0.15) is 5.75 Å². The Morgan fingerprint density at radius 2 is 1.84 bits per heavy atom. The summed E-state index contributed by atoms with van der Waals surface area (Å²) in [4.78, 5) is 22.4. The fourth-order valence-electron chi connectivity index (χ4n) is 1.23. The lowest BCUT2D eigenvalue weighted by Gasteiger charge is -2.10. The maximum Gasteiger partial charge on any atom is 0.344 e. The Balaban J connectivity index is 2.29. The third-order valence-corrected chi connectivity index (χ3v) is 1.98. The normalized spacial score (nSPS) is 10.1. The van der Waals surface area contributed by atoms with Crippen LogP contribution in [0.3, 0.4) is 0 Å². The maximum atomic E-state index is 11.3. The van der Waals surface area contributed by atoms with Gasteiger partial charge in [0.05, 0.1) is 11.8 Å². The summed E-state index contributed by atoms with van der Waals surface area (Å²) < 4.78 is 14.7. The molecule has 0 radical (unpaired) electrons. The minimum Gasteiger partial charge on any atom is -0.480 e. The van der Waals surface area contributed by atoms with Gasteiger partial charge in [0.15, 0.2) is 13.2 Å². The summed E-state index contributed by atoms with van der Waals surface area (Å²) in [6.45, 7) is 2.68. The zero-order valence-electron chi connectivity index (χ0n) is 10.9. The summed E-state index contributed by atoms with van der Waals surface area (Å²) in [5.41, 5.74) is 6.06. The fourth-order valence-corrected chi connectivity index (χ4v) is 1.23. The highest BCUT2D eigenvalue weighted by Crippen LogP contribution is 2.19. The van der Waals surface area contributed by atoms with Gasteiger partial charge in [-0.25, -0.2) is 9.59 Å². The molecule has 19 heavy (non-hydrogen) atoms. The van der Waals surface area contributed by atoms with Crippen molar-refractivity contribution < 1.29 is 23.8 Å². The van der Waals surface area contributed by atoms with Crippen molar-refractivity contribution in [2.75, 3.05) is 18.9 Å². The minimum absolute atomic E-state index is 0.244. The molecule has 6 nitrogen and oxygen atoms in total. The molecule has 0 aromatic heterocycles. The lowest BCUT2D eigenvalue weighted by Crippen LogP contribution is -2.22. The smallest absolute Gasteiger partial charge is 0.344 e. The van der Waals surface area contributed by atoms with Crippen LogP contribution in [0.5, 0.6) is 5.75 Å². The van der Waals surface area contributed by atoms with Crippen LogP contribution in [0.1, 0.15) is 13.8 Å². The zero-order valence-corrected chi connectivity index (χ0v) is 10.9. The van der Waals surface area contributed by atoms with Gasteiger partial charge in [0, 0.05) is 0 Å². The molecule has 0 amide bonds. The van der Waals surface area contributed by atoms with Crippen LogP contribution in [0.4, 0.5) is 5.69 Å². The Kier molecular flexibility index (Phi) is 5.66. The van der Waals surface area contributed by atoms with E-state index in [4.69, 9.17) is 15.2 Å². The van der Waals surface area contributed by atoms with Crippen LogP contribution in [-0.4, -0.2) is 31.3 Å². The Morgan fingerprint density at radius 1 is 1.16 bits per heavy atom. The number of para-hydroxylation sites is 2. The first-order valence-corrected chi connectivity index (χ1v) is 5.81. The topological polar surface area (TPSA) is 87.8 Å². The number of anilines is 1. The monoisotopic (exact) mass is 267 g/mol. The number of carbonyl (C=O) groups is 2. The van der Waals surface area contributed by atoms with Crippen LogP contribution in [-0.2, 0) is 19.1 Å². The third kappa shape index (κ3) is 5.76. The van der Waals surface area contributed by atoms with E-state index < -0.39 is 18.5 Å². The summed E-state index contributed by atoms with van der Waals surface area (Å²) in [5, 5.41) is 0. The SMILES string of the molecule is CC(C)OC(=O)COC(=O)COc1ccccc1N. The summed E-state index contributed by atoms with van der Waals surface area (Å²) in [6, 6.07) is 6.77. The summed E-state index contributed by atoms with van der Waals surface area (Å²) in [6.07, 6.45) is -0.244. The maximum absolute atomic E-state index is 11.3. The second-order valence-corrected chi connectivity index (χ2v) is 4.03. The van der Waals surface area contributed by atoms with Gasteiger partial charge >= 0.3 is 11.9 Å². The van der Waals surface area contributed by atoms with Gasteiger partial charge in [0.2, 0.25) is 0 Å². The molecule has 0 saturated carbocycles. The van der Waals surface area contributed by atoms with Gasteiger partial charge in [0.25, 0.3) is 0 Å². The molecular formula is C13H17NO5. The van der Waals surface area contributed by atoms with E-state index in [9.17, 15) is 9.59 Å². The quantitative estimate of drug-likeness (QED) is 0.614. The molecule has 1 aromatic carbocycles. The summed E-state index contributed by atoms with van der Waals surface area (Å²) in [5.74, 6) is -0.865. The zero-order chi connectivity index (χ0) is 14.3. The molecule has 0 atom stereocenters. The number of hydrogen-bond acceptors (Lipinski definition) is 6. The van der Waals surface area contributed by atoms with E-state index in [0.29, 0.717) is 11.4 Å². The highest BCUT2D eigenvalue weighted by Gasteiger charge is 2.11. The lowest BCUT2D eigenvalue weighted by atomic mass is 10.3. The Morgan fingerprint density at radius 3 is 2.47 bits per heavy atom. The van der Waals surface area contributed by atoms with E-state index >= 15 is 0 Å². The van der Waals surface area contributed by atoms with Crippen LogP contribution in [0, 0.1) is 0 Å². The molecule has 0 aliphatic rings. The first kappa shape index (κ1) is 14.8. The van der Waals surface area contributed by atoms with Crippen LogP contribution in [0.2, 0.25) is 0 Å². The van der Waals surface area contributed by atoms with Gasteiger partial charge in [-0.15, -0.1) is 0 Å². The van der Waals surface area contributed by atoms with Crippen LogP contribution >= 0.6 is 0 Å². The molecule has 0 aliphatic heterocycles. The first-order chi connectivity index (χ1) is 8.99. The van der Waals surface area contributed by atoms with Crippen molar-refractivity contribution in [2.45, 2.75) is 20.0 Å². The van der Waals surface area contributed by atoms with Gasteiger partial charge in [-0.2, -0.15) is 0 Å². The van der Waals surface area contributed by atoms with E-state index in [1.54, 1.807) is 38.1 Å². The average molecular weight is 267 g/mol. The predicted molar refractivity (Wildman–Crippen MR) is 68.5 cm³/mol. The Labute approximate surface area is 111 Å². The Bertz CT molecular complexity index is 444. The minimum atomic E-state index is -0.663. The van der Waals surface area contributed by atoms with Gasteiger partial charge in [-0.1, -0.05) is 12.1 Å². The lowest BCUT2D eigenvalue weighted by molar-refractivity contribution is -0.162. The molecule has 0 aliphatic carbocycles. The van der Waals surface area contributed by atoms with Crippen LogP contribution < -0.4 is 10.5 Å². The number of carbonyl (C=O) groups excluding carboxylic acids is 2. The molecule has 0 saturated heterocycles. The highest BCUT2D eigenvalue weighted by atomic mass is 16.6. The van der Waals surface area contributed by atoms with E-state index in [2.05, 4.69) is 4.74 Å². The van der Waals surface area contributed by atoms with Crippen LogP contribution in [0.25, 0.3) is 0 Å². The van der Waals surface area contributed by atoms with Crippen molar-refractivity contribution in [3.05, 3.63) is 24.3 Å². The molecule has 1 aromatic rings. The van der Waals surface area contributed by atoms with E-state index in [1.165, 1.54) is 0 Å². The molecule has 6 heteroatoms. The number of ether oxygens (including phenoxy) is 3. The van der Waals surface area contributed by atoms with Gasteiger partial charge in [-0.3, -0.25) is 0 Å². The van der Waals surface area contributed by atoms with Crippen molar-refractivity contribution in [3.8, 4) is 5.75 Å². The number of nitrogens with two attached hydrogens (primary N) is 1. The molecule has 0 fully saturated rings. The second kappa shape index (κ2) is 7.25. The van der Waals surface area contributed by atoms with Crippen molar-refractivity contribution in [1.82, 2.24) is 0 Å². The van der Waals surface area contributed by atoms with Crippen molar-refractivity contribution >= 4 is 17.6 Å². The number of rotatable bonds is 6. The molecule has 2 N–H and O–H groups in total. The van der Waals surface area contributed by atoms with E-state index in [1.807, 2.05) is 0 Å². The molecule has 0 unspecified atom stereocenters. The number of nitrogen functional groups attached to an aromatic ring is 1. The molecule has 104 valence electrons. The largest absolute Gasteiger partial charge is 0.480 e. The summed E-state index contributed by atoms with van der Waals surface area (Å²) in [7, 11) is 0. The fraction of sp³-hybridized carbons (Fsp3) is 0.385. The number of benzene rings is 1. The highest BCUT2D eigenvalue weighted by molar-refractivity contribution is 5.77. The van der Waals surface area contributed by atoms with Gasteiger partial charge in [-0.05, 0) is 26.0 Å². The van der Waals surface area contributed by atoms with Crippen molar-refractivity contribution in [1.29, 1.82) is 0 Å². The second-order valence-electron chi connectivity index (χ2n) is 4.03. The number of hydrogen-bond donors (Lipinski definition) is 1. The number of esters is 2. The molecule has 0 spiro atoms. The Hall–Kier alpha value is -2.24. The van der Waals surface area contributed by atoms with Gasteiger partial charge < -0.3 is 19.9 Å². The van der Waals surface area contributed by atoms with Crippen LogP contribution in [0.15, 0.2) is 24.3 Å². The van der Waals surface area contributed by atoms with Crippen molar-refractivity contribution in [2.24, 2.45) is 0 Å². The molecule has 0 heterocycles. The predicted octanol–water partition coefficient (Wildman–Crippen LogP) is 1.14. The average Bonchev–Trinajstić information content (AvgIpc) is 2.34. The first-order valence-electron chi connectivity index (χ1n) is 5.81. The molecule has 1 rings (SSSR count).